The number of carboxylic acid groups (broad SMARTS) is 1. The molecule has 2 atom stereocenters. The van der Waals surface area contributed by atoms with Crippen LogP contribution in [-0.2, 0) is 4.79 Å². The van der Waals surface area contributed by atoms with Crippen LogP contribution in [0.4, 0.5) is 0 Å². The molecule has 1 fully saturated rings. The maximum Gasteiger partial charge on any atom is 0.304 e. The normalized spacial score (nSPS) is 23.5. The second kappa shape index (κ2) is 7.92. The minimum atomic E-state index is -0.754. The Hall–Kier alpha value is -0.300. The van der Waals surface area contributed by atoms with Gasteiger partial charge in [0.05, 0.1) is 19.1 Å². The summed E-state index contributed by atoms with van der Waals surface area (Å²) in [5.74, 6) is -0.205. The molecule has 6 heteroatoms. The number of hydrogen-bond acceptors (Lipinski definition) is 5. The summed E-state index contributed by atoms with van der Waals surface area (Å²) in [7, 11) is 0. The number of rotatable bonds is 7. The van der Waals surface area contributed by atoms with Crippen LogP contribution in [-0.4, -0.2) is 69.5 Å². The van der Waals surface area contributed by atoms with Gasteiger partial charge in [0.15, 0.2) is 0 Å². The lowest BCUT2D eigenvalue weighted by atomic mass is 10.1. The molecule has 0 amide bonds. The fourth-order valence-electron chi connectivity index (χ4n) is 1.91. The number of aliphatic hydroxyl groups is 2. The van der Waals surface area contributed by atoms with Gasteiger partial charge in [-0.05, 0) is 19.4 Å². The first-order valence-electron chi connectivity index (χ1n) is 5.96. The summed E-state index contributed by atoms with van der Waals surface area (Å²) in [6.45, 7) is 2.26. The second-order valence-electron chi connectivity index (χ2n) is 4.38. The number of carboxylic acids is 1. The molecule has 0 bridgehead atoms. The third-order valence-corrected chi connectivity index (χ3v) is 4.27. The van der Waals surface area contributed by atoms with Crippen molar-refractivity contribution in [1.29, 1.82) is 0 Å². The van der Waals surface area contributed by atoms with Gasteiger partial charge < -0.3 is 20.2 Å². The van der Waals surface area contributed by atoms with Gasteiger partial charge in [-0.1, -0.05) is 0 Å². The maximum absolute atomic E-state index is 10.5. The summed E-state index contributed by atoms with van der Waals surface area (Å²) >= 11 is 1.67. The number of hydrogen-bond donors (Lipinski definition) is 3. The number of thioether (sulfide) groups is 1. The van der Waals surface area contributed by atoms with Gasteiger partial charge in [-0.15, -0.1) is 0 Å². The van der Waals surface area contributed by atoms with E-state index in [1.54, 1.807) is 11.8 Å². The molecule has 1 rings (SSSR count). The Balaban J connectivity index is 2.21. The Morgan fingerprint density at radius 2 is 2.29 bits per heavy atom. The average Bonchev–Trinajstić information content (AvgIpc) is 2.34. The average molecular weight is 263 g/mol. The zero-order valence-electron chi connectivity index (χ0n) is 9.92. The van der Waals surface area contributed by atoms with Crippen molar-refractivity contribution in [2.75, 3.05) is 32.0 Å². The van der Waals surface area contributed by atoms with Gasteiger partial charge >= 0.3 is 5.97 Å². The molecule has 17 heavy (non-hydrogen) atoms. The molecular weight excluding hydrogens is 242 g/mol. The van der Waals surface area contributed by atoms with Crippen LogP contribution in [0.15, 0.2) is 0 Å². The van der Waals surface area contributed by atoms with Crippen molar-refractivity contribution in [3.63, 3.8) is 0 Å². The summed E-state index contributed by atoms with van der Waals surface area (Å²) in [6.07, 6.45) is 1.73. The standard InChI is InChI=1S/C11H21NO4S/c13-7-9(14)8-17-10-2-1-4-12(6-10)5-3-11(15)16/h9-10,13-14H,1-8H2,(H,15,16). The fraction of sp³-hybridized carbons (Fsp3) is 0.909. The van der Waals surface area contributed by atoms with E-state index < -0.39 is 12.1 Å². The van der Waals surface area contributed by atoms with Crippen LogP contribution in [0.2, 0.25) is 0 Å². The Morgan fingerprint density at radius 1 is 1.53 bits per heavy atom. The van der Waals surface area contributed by atoms with Crippen molar-refractivity contribution >= 4 is 17.7 Å². The lowest BCUT2D eigenvalue weighted by Gasteiger charge is -2.32. The third kappa shape index (κ3) is 6.26. The van der Waals surface area contributed by atoms with E-state index in [0.29, 0.717) is 17.5 Å². The Kier molecular flexibility index (Phi) is 6.87. The lowest BCUT2D eigenvalue weighted by Crippen LogP contribution is -2.38. The Bertz CT molecular complexity index is 240. The molecule has 0 radical (unpaired) electrons. The molecule has 1 heterocycles. The molecule has 0 aromatic heterocycles. The molecule has 0 aromatic carbocycles. The molecule has 0 aromatic rings. The highest BCUT2D eigenvalue weighted by molar-refractivity contribution is 7.99. The lowest BCUT2D eigenvalue weighted by molar-refractivity contribution is -0.137. The van der Waals surface area contributed by atoms with E-state index >= 15 is 0 Å². The predicted octanol–water partition coefficient (Wildman–Crippen LogP) is 0.0119. The van der Waals surface area contributed by atoms with Crippen molar-refractivity contribution in [2.24, 2.45) is 0 Å². The zero-order valence-corrected chi connectivity index (χ0v) is 10.7. The quantitative estimate of drug-likeness (QED) is 0.600. The van der Waals surface area contributed by atoms with Crippen molar-refractivity contribution < 1.29 is 20.1 Å². The molecule has 100 valence electrons. The van der Waals surface area contributed by atoms with Gasteiger partial charge in [0, 0.05) is 24.1 Å². The van der Waals surface area contributed by atoms with Crippen LogP contribution < -0.4 is 0 Å². The molecule has 0 saturated carbocycles. The number of piperidine rings is 1. The molecule has 3 N–H and O–H groups in total. The highest BCUT2D eigenvalue weighted by Gasteiger charge is 2.21. The topological polar surface area (TPSA) is 81.0 Å². The van der Waals surface area contributed by atoms with Crippen LogP contribution in [0.3, 0.4) is 0 Å². The first-order valence-corrected chi connectivity index (χ1v) is 7.01. The van der Waals surface area contributed by atoms with E-state index in [1.807, 2.05) is 0 Å². The largest absolute Gasteiger partial charge is 0.481 e. The number of aliphatic carboxylic acids is 1. The summed E-state index contributed by atoms with van der Waals surface area (Å²) in [4.78, 5) is 12.7. The van der Waals surface area contributed by atoms with Crippen LogP contribution in [0.1, 0.15) is 19.3 Å². The van der Waals surface area contributed by atoms with Crippen molar-refractivity contribution in [3.05, 3.63) is 0 Å². The minimum Gasteiger partial charge on any atom is -0.481 e. The van der Waals surface area contributed by atoms with Crippen molar-refractivity contribution in [2.45, 2.75) is 30.6 Å². The summed E-state index contributed by atoms with van der Waals surface area (Å²) in [5.41, 5.74) is 0. The van der Waals surface area contributed by atoms with Crippen molar-refractivity contribution in [1.82, 2.24) is 4.90 Å². The Morgan fingerprint density at radius 3 is 2.94 bits per heavy atom. The van der Waals surface area contributed by atoms with E-state index in [1.165, 1.54) is 0 Å². The minimum absolute atomic E-state index is 0.191. The highest BCUT2D eigenvalue weighted by atomic mass is 32.2. The summed E-state index contributed by atoms with van der Waals surface area (Å²) in [6, 6.07) is 0. The molecule has 2 unspecified atom stereocenters. The van der Waals surface area contributed by atoms with E-state index in [4.69, 9.17) is 10.2 Å². The first kappa shape index (κ1) is 14.8. The van der Waals surface area contributed by atoms with Crippen LogP contribution in [0.25, 0.3) is 0 Å². The van der Waals surface area contributed by atoms with Gasteiger partial charge in [-0.2, -0.15) is 11.8 Å². The molecule has 1 aliphatic heterocycles. The van der Waals surface area contributed by atoms with Crippen molar-refractivity contribution in [3.8, 4) is 0 Å². The van der Waals surface area contributed by atoms with Crippen LogP contribution in [0, 0.1) is 0 Å². The van der Waals surface area contributed by atoms with Gasteiger partial charge in [-0.25, -0.2) is 0 Å². The zero-order chi connectivity index (χ0) is 12.7. The van der Waals surface area contributed by atoms with Crippen LogP contribution >= 0.6 is 11.8 Å². The molecular formula is C11H21NO4S. The molecule has 5 nitrogen and oxygen atoms in total. The van der Waals surface area contributed by atoms with Gasteiger partial charge in [0.1, 0.15) is 0 Å². The third-order valence-electron chi connectivity index (χ3n) is 2.84. The maximum atomic E-state index is 10.5. The first-order chi connectivity index (χ1) is 8.11. The summed E-state index contributed by atoms with van der Waals surface area (Å²) < 4.78 is 0. The van der Waals surface area contributed by atoms with E-state index in [2.05, 4.69) is 4.90 Å². The molecule has 1 aliphatic rings. The molecule has 1 saturated heterocycles. The molecule has 0 aliphatic carbocycles. The fourth-order valence-corrected chi connectivity index (χ4v) is 3.16. The van der Waals surface area contributed by atoms with Gasteiger partial charge in [0.2, 0.25) is 0 Å². The summed E-state index contributed by atoms with van der Waals surface area (Å²) in [5, 5.41) is 27.1. The van der Waals surface area contributed by atoms with E-state index in [-0.39, 0.29) is 13.0 Å². The van der Waals surface area contributed by atoms with Gasteiger partial charge in [-0.3, -0.25) is 4.79 Å². The monoisotopic (exact) mass is 263 g/mol. The second-order valence-corrected chi connectivity index (χ2v) is 5.71. The number of aliphatic hydroxyl groups excluding tert-OH is 2. The highest BCUT2D eigenvalue weighted by Crippen LogP contribution is 2.23. The SMILES string of the molecule is O=C(O)CCN1CCCC(SCC(O)CO)C1. The van der Waals surface area contributed by atoms with Crippen LogP contribution in [0.5, 0.6) is 0 Å². The number of nitrogens with zero attached hydrogens (tertiary/aromatic N) is 1. The number of likely N-dealkylation sites (tertiary alicyclic amines) is 1. The smallest absolute Gasteiger partial charge is 0.304 e. The number of carbonyl (C=O) groups is 1. The van der Waals surface area contributed by atoms with E-state index in [0.717, 1.165) is 25.9 Å². The van der Waals surface area contributed by atoms with E-state index in [9.17, 15) is 9.90 Å². The molecule has 0 spiro atoms. The predicted molar refractivity (Wildman–Crippen MR) is 67.3 cm³/mol. The Labute approximate surface area is 106 Å². The van der Waals surface area contributed by atoms with Gasteiger partial charge in [0.25, 0.3) is 0 Å².